The minimum atomic E-state index is -3.40. The van der Waals surface area contributed by atoms with Gasteiger partial charge in [0.25, 0.3) is 0 Å². The number of carbonyl (C=O) groups is 1. The highest BCUT2D eigenvalue weighted by Gasteiger charge is 2.35. The van der Waals surface area contributed by atoms with E-state index in [2.05, 4.69) is 10.3 Å². The number of sulfone groups is 1. The molecule has 1 saturated heterocycles. The van der Waals surface area contributed by atoms with Crippen molar-refractivity contribution in [1.82, 2.24) is 15.2 Å². The standard InChI is InChI=1S/C18H21N3O3S/c22-18(20-11-8-15-5-4-10-19-13-15)21-12-9-17(14-21)25(23,24)16-6-2-1-3-7-16/h1-7,10,13,17H,8-9,11-12,14H2,(H,20,22). The molecule has 7 heteroatoms. The SMILES string of the molecule is O=C(NCCc1cccnc1)N1CCC(S(=O)(=O)c2ccccc2)C1. The first-order valence-electron chi connectivity index (χ1n) is 8.28. The molecule has 0 saturated carbocycles. The van der Waals surface area contributed by atoms with Crippen molar-refractivity contribution >= 4 is 15.9 Å². The van der Waals surface area contributed by atoms with Gasteiger partial charge in [0, 0.05) is 32.0 Å². The Labute approximate surface area is 147 Å². The normalized spacial score (nSPS) is 17.4. The van der Waals surface area contributed by atoms with Gasteiger partial charge in [0.15, 0.2) is 9.84 Å². The van der Waals surface area contributed by atoms with Gasteiger partial charge in [-0.15, -0.1) is 0 Å². The predicted octanol–water partition coefficient (Wildman–Crippen LogP) is 1.88. The van der Waals surface area contributed by atoms with Gasteiger partial charge >= 0.3 is 6.03 Å². The number of aromatic nitrogens is 1. The second-order valence-electron chi connectivity index (χ2n) is 6.06. The van der Waals surface area contributed by atoms with Crippen LogP contribution >= 0.6 is 0 Å². The van der Waals surface area contributed by atoms with E-state index in [-0.39, 0.29) is 12.6 Å². The summed E-state index contributed by atoms with van der Waals surface area (Å²) in [6, 6.07) is 12.0. The maximum Gasteiger partial charge on any atom is 0.317 e. The molecule has 6 nitrogen and oxygen atoms in total. The number of pyridine rings is 1. The third-order valence-electron chi connectivity index (χ3n) is 4.36. The maximum absolute atomic E-state index is 12.6. The van der Waals surface area contributed by atoms with Gasteiger partial charge in [-0.05, 0) is 36.6 Å². The van der Waals surface area contributed by atoms with E-state index in [1.807, 2.05) is 12.1 Å². The average Bonchev–Trinajstić information content (AvgIpc) is 3.14. The lowest BCUT2D eigenvalue weighted by molar-refractivity contribution is 0.209. The smallest absolute Gasteiger partial charge is 0.317 e. The molecule has 1 N–H and O–H groups in total. The number of nitrogens with zero attached hydrogens (tertiary/aromatic N) is 2. The Hall–Kier alpha value is -2.41. The molecule has 2 amide bonds. The molecule has 2 heterocycles. The molecule has 132 valence electrons. The summed E-state index contributed by atoms with van der Waals surface area (Å²) in [5, 5.41) is 2.31. The molecular formula is C18H21N3O3S. The molecular weight excluding hydrogens is 338 g/mol. The molecule has 2 aromatic rings. The molecule has 0 spiro atoms. The number of nitrogens with one attached hydrogen (secondary N) is 1. The Morgan fingerprint density at radius 3 is 2.72 bits per heavy atom. The summed E-state index contributed by atoms with van der Waals surface area (Å²) in [5.74, 6) is 0. The zero-order valence-corrected chi connectivity index (χ0v) is 14.7. The lowest BCUT2D eigenvalue weighted by Gasteiger charge is -2.17. The maximum atomic E-state index is 12.6. The Bertz CT molecular complexity index is 810. The third-order valence-corrected chi connectivity index (χ3v) is 6.55. The Kier molecular flexibility index (Phi) is 5.33. The molecule has 0 aliphatic carbocycles. The van der Waals surface area contributed by atoms with Crippen LogP contribution in [-0.2, 0) is 16.3 Å². The Balaban J connectivity index is 1.53. The van der Waals surface area contributed by atoms with Gasteiger partial charge in [-0.1, -0.05) is 24.3 Å². The molecule has 1 atom stereocenters. The fourth-order valence-electron chi connectivity index (χ4n) is 2.94. The van der Waals surface area contributed by atoms with Crippen molar-refractivity contribution in [1.29, 1.82) is 0 Å². The fourth-order valence-corrected chi connectivity index (χ4v) is 4.65. The molecule has 3 rings (SSSR count). The lowest BCUT2D eigenvalue weighted by Crippen LogP contribution is -2.40. The van der Waals surface area contributed by atoms with Gasteiger partial charge in [-0.3, -0.25) is 4.98 Å². The molecule has 1 aromatic heterocycles. The molecule has 1 fully saturated rings. The molecule has 1 aromatic carbocycles. The van der Waals surface area contributed by atoms with Crippen LogP contribution in [0.3, 0.4) is 0 Å². The van der Waals surface area contributed by atoms with Gasteiger partial charge in [0.2, 0.25) is 0 Å². The molecule has 0 radical (unpaired) electrons. The van der Waals surface area contributed by atoms with Crippen molar-refractivity contribution in [3.05, 3.63) is 60.4 Å². The minimum Gasteiger partial charge on any atom is -0.338 e. The van der Waals surface area contributed by atoms with Gasteiger partial charge in [-0.25, -0.2) is 13.2 Å². The van der Waals surface area contributed by atoms with E-state index < -0.39 is 15.1 Å². The van der Waals surface area contributed by atoms with Crippen molar-refractivity contribution in [3.8, 4) is 0 Å². The fraction of sp³-hybridized carbons (Fsp3) is 0.333. The van der Waals surface area contributed by atoms with Crippen molar-refractivity contribution in [2.45, 2.75) is 23.0 Å². The van der Waals surface area contributed by atoms with Crippen LogP contribution in [0.4, 0.5) is 4.79 Å². The topological polar surface area (TPSA) is 79.4 Å². The quantitative estimate of drug-likeness (QED) is 0.884. The number of amides is 2. The molecule has 0 bridgehead atoms. The summed E-state index contributed by atoms with van der Waals surface area (Å²) < 4.78 is 25.3. The minimum absolute atomic E-state index is 0.213. The van der Waals surface area contributed by atoms with Gasteiger partial charge in [0.1, 0.15) is 0 Å². The van der Waals surface area contributed by atoms with E-state index in [0.717, 1.165) is 5.56 Å². The van der Waals surface area contributed by atoms with Crippen molar-refractivity contribution < 1.29 is 13.2 Å². The van der Waals surface area contributed by atoms with Gasteiger partial charge in [-0.2, -0.15) is 0 Å². The molecule has 25 heavy (non-hydrogen) atoms. The van der Waals surface area contributed by atoms with E-state index in [1.54, 1.807) is 47.6 Å². The molecule has 1 aliphatic rings. The molecule has 1 aliphatic heterocycles. The summed E-state index contributed by atoms with van der Waals surface area (Å²) in [6.07, 6.45) is 4.64. The number of carbonyl (C=O) groups excluding carboxylic acids is 1. The van der Waals surface area contributed by atoms with Gasteiger partial charge < -0.3 is 10.2 Å². The van der Waals surface area contributed by atoms with E-state index in [4.69, 9.17) is 0 Å². The number of benzene rings is 1. The average molecular weight is 359 g/mol. The zero-order chi connectivity index (χ0) is 17.7. The summed E-state index contributed by atoms with van der Waals surface area (Å²) in [7, 11) is -3.40. The second kappa shape index (κ2) is 7.65. The first-order chi connectivity index (χ1) is 12.1. The highest BCUT2D eigenvalue weighted by molar-refractivity contribution is 7.92. The number of hydrogen-bond acceptors (Lipinski definition) is 4. The van der Waals surface area contributed by atoms with Crippen molar-refractivity contribution in [2.75, 3.05) is 19.6 Å². The van der Waals surface area contributed by atoms with Crippen molar-refractivity contribution in [3.63, 3.8) is 0 Å². The van der Waals surface area contributed by atoms with Crippen LogP contribution in [-0.4, -0.2) is 49.2 Å². The van der Waals surface area contributed by atoms with Gasteiger partial charge in [0.05, 0.1) is 10.1 Å². The summed E-state index contributed by atoms with van der Waals surface area (Å²) in [6.45, 7) is 1.18. The predicted molar refractivity (Wildman–Crippen MR) is 94.9 cm³/mol. The van der Waals surface area contributed by atoms with Crippen LogP contribution in [0.5, 0.6) is 0 Å². The van der Waals surface area contributed by atoms with E-state index in [1.165, 1.54) is 0 Å². The van der Waals surface area contributed by atoms with E-state index in [9.17, 15) is 13.2 Å². The van der Waals surface area contributed by atoms with Crippen LogP contribution in [0.25, 0.3) is 0 Å². The van der Waals surface area contributed by atoms with Crippen LogP contribution in [0.15, 0.2) is 59.8 Å². The first kappa shape index (κ1) is 17.4. The van der Waals surface area contributed by atoms with E-state index in [0.29, 0.717) is 30.8 Å². The number of rotatable bonds is 5. The van der Waals surface area contributed by atoms with Crippen LogP contribution in [0.2, 0.25) is 0 Å². The highest BCUT2D eigenvalue weighted by atomic mass is 32.2. The highest BCUT2D eigenvalue weighted by Crippen LogP contribution is 2.23. The first-order valence-corrected chi connectivity index (χ1v) is 9.82. The largest absolute Gasteiger partial charge is 0.338 e. The van der Waals surface area contributed by atoms with Crippen LogP contribution in [0.1, 0.15) is 12.0 Å². The van der Waals surface area contributed by atoms with E-state index >= 15 is 0 Å². The second-order valence-corrected chi connectivity index (χ2v) is 8.29. The monoisotopic (exact) mass is 359 g/mol. The van der Waals surface area contributed by atoms with Crippen LogP contribution in [0, 0.1) is 0 Å². The summed E-state index contributed by atoms with van der Waals surface area (Å²) in [5.41, 5.74) is 1.05. The van der Waals surface area contributed by atoms with Crippen molar-refractivity contribution in [2.24, 2.45) is 0 Å². The number of hydrogen-bond donors (Lipinski definition) is 1. The molecule has 1 unspecified atom stereocenters. The summed E-state index contributed by atoms with van der Waals surface area (Å²) in [4.78, 5) is 18.2. The number of likely N-dealkylation sites (tertiary alicyclic amines) is 1. The van der Waals surface area contributed by atoms with Crippen LogP contribution < -0.4 is 5.32 Å². The third kappa shape index (κ3) is 4.17. The summed E-state index contributed by atoms with van der Waals surface area (Å²) >= 11 is 0. The zero-order valence-electron chi connectivity index (χ0n) is 13.8. The Morgan fingerprint density at radius 2 is 2.00 bits per heavy atom. The Morgan fingerprint density at radius 1 is 1.20 bits per heavy atom. The number of urea groups is 1. The lowest BCUT2D eigenvalue weighted by atomic mass is 10.2.